The van der Waals surface area contributed by atoms with Gasteiger partial charge in [-0.05, 0) is 37.8 Å². The maximum atomic E-state index is 12.2. The van der Waals surface area contributed by atoms with E-state index in [1.54, 1.807) is 4.57 Å². The Bertz CT molecular complexity index is 848. The lowest BCUT2D eigenvalue weighted by Gasteiger charge is -2.13. The topological polar surface area (TPSA) is 84.2 Å². The summed E-state index contributed by atoms with van der Waals surface area (Å²) in [5, 5.41) is 12.7. The number of fused-ring (bicyclic) bond motifs is 1. The van der Waals surface area contributed by atoms with Gasteiger partial charge in [0.25, 0.3) is 0 Å². The maximum Gasteiger partial charge on any atom is 0.348 e. The zero-order valence-electron chi connectivity index (χ0n) is 14.1. The van der Waals surface area contributed by atoms with Crippen LogP contribution in [0.25, 0.3) is 0 Å². The smallest absolute Gasteiger partial charge is 0.348 e. The van der Waals surface area contributed by atoms with Crippen LogP contribution in [0.15, 0.2) is 34.1 Å². The average molecular weight is 359 g/mol. The largest absolute Gasteiger partial charge is 0.395 e. The van der Waals surface area contributed by atoms with E-state index in [2.05, 4.69) is 10.3 Å². The second-order valence-electron chi connectivity index (χ2n) is 6.01. The van der Waals surface area contributed by atoms with E-state index in [1.807, 2.05) is 31.2 Å². The van der Waals surface area contributed by atoms with E-state index < -0.39 is 0 Å². The first-order valence-electron chi connectivity index (χ1n) is 8.32. The van der Waals surface area contributed by atoms with Crippen molar-refractivity contribution in [2.75, 3.05) is 17.7 Å². The van der Waals surface area contributed by atoms with Gasteiger partial charge in [0.2, 0.25) is 5.91 Å². The Morgan fingerprint density at radius 2 is 2.16 bits per heavy atom. The monoisotopic (exact) mass is 359 g/mol. The van der Waals surface area contributed by atoms with Crippen LogP contribution in [0.5, 0.6) is 0 Å². The minimum atomic E-state index is -0.350. The van der Waals surface area contributed by atoms with Crippen LogP contribution >= 0.6 is 11.8 Å². The molecule has 0 bridgehead atoms. The Hall–Kier alpha value is -2.12. The number of nitrogens with zero attached hydrogens (tertiary/aromatic N) is 2. The molecule has 2 aromatic rings. The predicted molar refractivity (Wildman–Crippen MR) is 98.1 cm³/mol. The van der Waals surface area contributed by atoms with Crippen molar-refractivity contribution < 1.29 is 9.90 Å². The molecule has 0 saturated carbocycles. The number of para-hydroxylation sites is 1. The Kier molecular flexibility index (Phi) is 5.55. The third-order valence-electron chi connectivity index (χ3n) is 4.28. The fourth-order valence-electron chi connectivity index (χ4n) is 3.07. The highest BCUT2D eigenvalue weighted by Crippen LogP contribution is 2.29. The maximum absolute atomic E-state index is 12.2. The molecular weight excluding hydrogens is 338 g/mol. The van der Waals surface area contributed by atoms with Gasteiger partial charge in [-0.3, -0.25) is 9.36 Å². The first kappa shape index (κ1) is 17.7. The number of carbonyl (C=O) groups excluding carboxylic acids is 1. The molecule has 1 heterocycles. The Morgan fingerprint density at radius 1 is 1.36 bits per heavy atom. The summed E-state index contributed by atoms with van der Waals surface area (Å²) in [4.78, 5) is 28.6. The molecule has 7 heteroatoms. The molecule has 0 radical (unpaired) electrons. The van der Waals surface area contributed by atoms with Gasteiger partial charge in [0, 0.05) is 16.9 Å². The first-order valence-corrected chi connectivity index (χ1v) is 9.30. The highest BCUT2D eigenvalue weighted by atomic mass is 32.2. The van der Waals surface area contributed by atoms with E-state index in [-0.39, 0.29) is 30.5 Å². The second-order valence-corrected chi connectivity index (χ2v) is 6.97. The van der Waals surface area contributed by atoms with Crippen LogP contribution in [0.4, 0.5) is 5.69 Å². The summed E-state index contributed by atoms with van der Waals surface area (Å²) in [7, 11) is 0. The highest BCUT2D eigenvalue weighted by Gasteiger charge is 2.22. The number of benzene rings is 1. The van der Waals surface area contributed by atoms with Gasteiger partial charge >= 0.3 is 5.69 Å². The predicted octanol–water partition coefficient (Wildman–Crippen LogP) is 1.76. The number of nitrogens with one attached hydrogen (secondary N) is 1. The SMILES string of the molecule is Cc1ccccc1NC(=O)CSc1nc(=O)n(CCO)c2c1CCC2. The van der Waals surface area contributed by atoms with Crippen LogP contribution in [0.3, 0.4) is 0 Å². The summed E-state index contributed by atoms with van der Waals surface area (Å²) in [5.74, 6) is 0.0874. The molecule has 2 N–H and O–H groups in total. The van der Waals surface area contributed by atoms with E-state index in [0.717, 1.165) is 41.8 Å². The fourth-order valence-corrected chi connectivity index (χ4v) is 3.95. The molecule has 132 valence electrons. The molecule has 0 spiro atoms. The molecule has 0 unspecified atom stereocenters. The van der Waals surface area contributed by atoms with Crippen molar-refractivity contribution in [3.8, 4) is 0 Å². The number of hydrogen-bond donors (Lipinski definition) is 2. The lowest BCUT2D eigenvalue weighted by Crippen LogP contribution is -2.28. The van der Waals surface area contributed by atoms with Gasteiger partial charge in [-0.25, -0.2) is 4.79 Å². The number of thioether (sulfide) groups is 1. The van der Waals surface area contributed by atoms with Gasteiger partial charge in [0.05, 0.1) is 18.9 Å². The molecule has 6 nitrogen and oxygen atoms in total. The van der Waals surface area contributed by atoms with Crippen molar-refractivity contribution in [1.29, 1.82) is 0 Å². The summed E-state index contributed by atoms with van der Waals surface area (Å²) in [6.07, 6.45) is 2.64. The van der Waals surface area contributed by atoms with Crippen LogP contribution in [0.1, 0.15) is 23.2 Å². The summed E-state index contributed by atoms with van der Waals surface area (Å²) < 4.78 is 1.56. The zero-order valence-corrected chi connectivity index (χ0v) is 14.9. The zero-order chi connectivity index (χ0) is 17.8. The van der Waals surface area contributed by atoms with Crippen molar-refractivity contribution >= 4 is 23.4 Å². The van der Waals surface area contributed by atoms with Gasteiger partial charge in [-0.1, -0.05) is 30.0 Å². The normalized spacial score (nSPS) is 12.9. The van der Waals surface area contributed by atoms with Crippen LogP contribution in [0.2, 0.25) is 0 Å². The Morgan fingerprint density at radius 3 is 2.92 bits per heavy atom. The number of aryl methyl sites for hydroxylation is 1. The molecule has 1 aromatic carbocycles. The van der Waals surface area contributed by atoms with Crippen LogP contribution in [0, 0.1) is 6.92 Å². The molecular formula is C18H21N3O3S. The van der Waals surface area contributed by atoms with Crippen LogP contribution in [-0.2, 0) is 24.2 Å². The fraction of sp³-hybridized carbons (Fsp3) is 0.389. The van der Waals surface area contributed by atoms with E-state index in [9.17, 15) is 9.59 Å². The van der Waals surface area contributed by atoms with E-state index in [4.69, 9.17) is 5.11 Å². The van der Waals surface area contributed by atoms with Gasteiger partial charge < -0.3 is 10.4 Å². The van der Waals surface area contributed by atoms with Gasteiger partial charge in [0.1, 0.15) is 5.03 Å². The summed E-state index contributed by atoms with van der Waals surface area (Å²) >= 11 is 1.30. The van der Waals surface area contributed by atoms with Crippen LogP contribution in [-0.4, -0.2) is 32.9 Å². The number of rotatable bonds is 6. The molecule has 0 fully saturated rings. The van der Waals surface area contributed by atoms with Gasteiger partial charge in [0.15, 0.2) is 0 Å². The summed E-state index contributed by atoms with van der Waals surface area (Å²) in [6.45, 7) is 2.13. The molecule has 3 rings (SSSR count). The lowest BCUT2D eigenvalue weighted by molar-refractivity contribution is -0.113. The number of hydrogen-bond acceptors (Lipinski definition) is 5. The number of carbonyl (C=O) groups is 1. The molecule has 1 aromatic heterocycles. The Labute approximate surface area is 150 Å². The summed E-state index contributed by atoms with van der Waals surface area (Å²) in [6, 6.07) is 7.61. The minimum absolute atomic E-state index is 0.0840. The van der Waals surface area contributed by atoms with E-state index in [1.165, 1.54) is 11.8 Å². The molecule has 1 aliphatic carbocycles. The van der Waals surface area contributed by atoms with Gasteiger partial charge in [-0.2, -0.15) is 4.98 Å². The third kappa shape index (κ3) is 3.93. The molecule has 1 amide bonds. The quantitative estimate of drug-likeness (QED) is 0.606. The van der Waals surface area contributed by atoms with Crippen molar-refractivity contribution in [3.63, 3.8) is 0 Å². The number of aromatic nitrogens is 2. The number of anilines is 1. The summed E-state index contributed by atoms with van der Waals surface area (Å²) in [5.41, 5.74) is 3.45. The van der Waals surface area contributed by atoms with Crippen molar-refractivity contribution in [1.82, 2.24) is 9.55 Å². The standard InChI is InChI=1S/C18H21N3O3S/c1-12-5-2-3-7-14(12)19-16(23)11-25-17-13-6-4-8-15(13)21(9-10-22)18(24)20-17/h2-3,5,7,22H,4,6,8-11H2,1H3,(H,19,23). The molecule has 0 aliphatic heterocycles. The molecule has 0 atom stereocenters. The second kappa shape index (κ2) is 7.84. The van der Waals surface area contributed by atoms with Gasteiger partial charge in [-0.15, -0.1) is 0 Å². The van der Waals surface area contributed by atoms with Crippen molar-refractivity contribution in [2.45, 2.75) is 37.8 Å². The molecule has 1 aliphatic rings. The molecule has 0 saturated heterocycles. The van der Waals surface area contributed by atoms with Crippen LogP contribution < -0.4 is 11.0 Å². The minimum Gasteiger partial charge on any atom is -0.395 e. The average Bonchev–Trinajstić information content (AvgIpc) is 3.08. The third-order valence-corrected chi connectivity index (χ3v) is 5.30. The first-order chi connectivity index (χ1) is 12.1. The number of aliphatic hydroxyl groups excluding tert-OH is 1. The Balaban J connectivity index is 1.73. The number of amides is 1. The lowest BCUT2D eigenvalue weighted by atomic mass is 10.2. The highest BCUT2D eigenvalue weighted by molar-refractivity contribution is 8.00. The van der Waals surface area contributed by atoms with Crippen molar-refractivity contribution in [3.05, 3.63) is 51.6 Å². The van der Waals surface area contributed by atoms with E-state index >= 15 is 0 Å². The number of aliphatic hydroxyl groups is 1. The molecule has 25 heavy (non-hydrogen) atoms. The van der Waals surface area contributed by atoms with Crippen molar-refractivity contribution in [2.24, 2.45) is 0 Å². The van der Waals surface area contributed by atoms with E-state index in [0.29, 0.717) is 5.03 Å².